The smallest absolute Gasteiger partial charge is 0.258 e. The SMILES string of the molecule is CSc1ncc(C(F)(F)F)c(-c2cc3cc([N+](=O)[O-])ccc3s2)n1. The van der Waals surface area contributed by atoms with E-state index in [-0.39, 0.29) is 21.4 Å². The van der Waals surface area contributed by atoms with Gasteiger partial charge >= 0.3 is 6.18 Å². The van der Waals surface area contributed by atoms with Crippen LogP contribution in [0, 0.1) is 10.1 Å². The fourth-order valence-electron chi connectivity index (χ4n) is 2.12. The molecule has 0 unspecified atom stereocenters. The molecule has 0 N–H and O–H groups in total. The summed E-state index contributed by atoms with van der Waals surface area (Å²) >= 11 is 2.23. The Balaban J connectivity index is 2.20. The first-order valence-corrected chi connectivity index (χ1v) is 8.50. The molecule has 0 saturated carbocycles. The van der Waals surface area contributed by atoms with Crippen LogP contribution in [0.15, 0.2) is 35.6 Å². The molecule has 124 valence electrons. The summed E-state index contributed by atoms with van der Waals surface area (Å²) in [5, 5.41) is 11.6. The van der Waals surface area contributed by atoms with Gasteiger partial charge in [0.2, 0.25) is 0 Å². The second-order valence-electron chi connectivity index (χ2n) is 4.71. The van der Waals surface area contributed by atoms with Crippen LogP contribution < -0.4 is 0 Å². The van der Waals surface area contributed by atoms with E-state index in [1.54, 1.807) is 6.26 Å². The summed E-state index contributed by atoms with van der Waals surface area (Å²) in [6.07, 6.45) is -2.16. The van der Waals surface area contributed by atoms with Crippen molar-refractivity contribution in [3.8, 4) is 10.6 Å². The van der Waals surface area contributed by atoms with Crippen LogP contribution in [-0.4, -0.2) is 21.1 Å². The van der Waals surface area contributed by atoms with Crippen LogP contribution in [0.4, 0.5) is 18.9 Å². The molecule has 0 fully saturated rings. The first-order chi connectivity index (χ1) is 11.3. The zero-order valence-electron chi connectivity index (χ0n) is 12.0. The van der Waals surface area contributed by atoms with E-state index in [9.17, 15) is 23.3 Å². The third-order valence-corrected chi connectivity index (χ3v) is 4.88. The quantitative estimate of drug-likeness (QED) is 0.280. The van der Waals surface area contributed by atoms with Gasteiger partial charge in [0.25, 0.3) is 5.69 Å². The Morgan fingerprint density at radius 3 is 2.67 bits per heavy atom. The fourth-order valence-corrected chi connectivity index (χ4v) is 3.51. The molecule has 2 aromatic heterocycles. The molecule has 0 spiro atoms. The van der Waals surface area contributed by atoms with Crippen LogP contribution in [0.5, 0.6) is 0 Å². The molecule has 0 atom stereocenters. The maximum Gasteiger partial charge on any atom is 0.420 e. The van der Waals surface area contributed by atoms with Crippen LogP contribution in [0.1, 0.15) is 5.56 Å². The lowest BCUT2D eigenvalue weighted by molar-refractivity contribution is -0.384. The molecule has 0 aliphatic carbocycles. The number of fused-ring (bicyclic) bond motifs is 1. The van der Waals surface area contributed by atoms with Gasteiger partial charge in [0.1, 0.15) is 5.56 Å². The second-order valence-corrected chi connectivity index (χ2v) is 6.56. The van der Waals surface area contributed by atoms with E-state index in [4.69, 9.17) is 0 Å². The van der Waals surface area contributed by atoms with E-state index in [1.165, 1.54) is 24.3 Å². The van der Waals surface area contributed by atoms with Gasteiger partial charge in [-0.25, -0.2) is 9.97 Å². The van der Waals surface area contributed by atoms with Crippen LogP contribution in [0.3, 0.4) is 0 Å². The van der Waals surface area contributed by atoms with Crippen molar-refractivity contribution in [2.45, 2.75) is 11.3 Å². The second kappa shape index (κ2) is 6.02. The highest BCUT2D eigenvalue weighted by Gasteiger charge is 2.36. The predicted octanol–water partition coefficient (Wildman–Crippen LogP) is 5.01. The zero-order valence-corrected chi connectivity index (χ0v) is 13.6. The van der Waals surface area contributed by atoms with E-state index in [0.717, 1.165) is 29.3 Å². The van der Waals surface area contributed by atoms with Crippen LogP contribution in [0.25, 0.3) is 20.7 Å². The fraction of sp³-hybridized carbons (Fsp3) is 0.143. The molecule has 1 aromatic carbocycles. The average molecular weight is 371 g/mol. The summed E-state index contributed by atoms with van der Waals surface area (Å²) in [6.45, 7) is 0. The number of non-ortho nitro benzene ring substituents is 1. The number of nitro benzene ring substituents is 1. The Morgan fingerprint density at radius 1 is 1.29 bits per heavy atom. The molecule has 0 saturated heterocycles. The Bertz CT molecular complexity index is 941. The lowest BCUT2D eigenvalue weighted by Crippen LogP contribution is -2.09. The van der Waals surface area contributed by atoms with E-state index >= 15 is 0 Å². The van der Waals surface area contributed by atoms with Crippen molar-refractivity contribution in [2.24, 2.45) is 0 Å². The molecule has 0 amide bonds. The third kappa shape index (κ3) is 3.06. The summed E-state index contributed by atoms with van der Waals surface area (Å²) in [5.74, 6) is 0. The summed E-state index contributed by atoms with van der Waals surface area (Å²) < 4.78 is 40.3. The van der Waals surface area contributed by atoms with Crippen molar-refractivity contribution >= 4 is 38.9 Å². The summed E-state index contributed by atoms with van der Waals surface area (Å²) in [5.41, 5.74) is -1.26. The number of benzene rings is 1. The maximum absolute atomic E-state index is 13.2. The van der Waals surface area contributed by atoms with Crippen molar-refractivity contribution in [1.82, 2.24) is 9.97 Å². The largest absolute Gasteiger partial charge is 0.420 e. The predicted molar refractivity (Wildman–Crippen MR) is 86.3 cm³/mol. The third-order valence-electron chi connectivity index (χ3n) is 3.20. The van der Waals surface area contributed by atoms with Crippen LogP contribution >= 0.6 is 23.1 Å². The van der Waals surface area contributed by atoms with Crippen molar-refractivity contribution in [3.63, 3.8) is 0 Å². The Kier molecular flexibility index (Phi) is 4.18. The number of halogens is 3. The Hall–Kier alpha value is -2.20. The molecular formula is C14H8F3N3O2S2. The standard InChI is InChI=1S/C14H8F3N3O2S2/c1-23-13-18-6-9(14(15,16)17)12(19-13)11-5-7-4-8(20(21)22)2-3-10(7)24-11/h2-6H,1H3. The highest BCUT2D eigenvalue weighted by atomic mass is 32.2. The molecule has 3 aromatic rings. The molecule has 5 nitrogen and oxygen atoms in total. The van der Waals surface area contributed by atoms with E-state index in [0.29, 0.717) is 10.1 Å². The number of thioether (sulfide) groups is 1. The number of thiophene rings is 1. The van der Waals surface area contributed by atoms with Gasteiger partial charge in [0.15, 0.2) is 5.16 Å². The van der Waals surface area contributed by atoms with Gasteiger partial charge in [0, 0.05) is 23.0 Å². The lowest BCUT2D eigenvalue weighted by atomic mass is 10.1. The molecule has 0 aliphatic rings. The number of aromatic nitrogens is 2. The van der Waals surface area contributed by atoms with Gasteiger partial charge in [-0.3, -0.25) is 10.1 Å². The van der Waals surface area contributed by atoms with Gasteiger partial charge in [-0.1, -0.05) is 11.8 Å². The normalized spacial score (nSPS) is 11.8. The number of nitro groups is 1. The monoisotopic (exact) mass is 371 g/mol. The van der Waals surface area contributed by atoms with Crippen molar-refractivity contribution < 1.29 is 18.1 Å². The number of nitrogens with zero attached hydrogens (tertiary/aromatic N) is 3. The number of hydrogen-bond acceptors (Lipinski definition) is 6. The zero-order chi connectivity index (χ0) is 17.5. The van der Waals surface area contributed by atoms with Crippen LogP contribution in [0.2, 0.25) is 0 Å². The molecule has 3 rings (SSSR count). The van der Waals surface area contributed by atoms with Crippen molar-refractivity contribution in [3.05, 3.63) is 46.1 Å². The highest BCUT2D eigenvalue weighted by Crippen LogP contribution is 2.41. The topological polar surface area (TPSA) is 68.9 Å². The molecule has 0 bridgehead atoms. The molecule has 10 heteroatoms. The average Bonchev–Trinajstić information content (AvgIpc) is 2.96. The molecule has 0 aliphatic heterocycles. The molecule has 0 radical (unpaired) electrons. The maximum atomic E-state index is 13.2. The molecule has 2 heterocycles. The number of rotatable bonds is 3. The first-order valence-electron chi connectivity index (χ1n) is 6.46. The van der Waals surface area contributed by atoms with Gasteiger partial charge in [0.05, 0.1) is 15.5 Å². The van der Waals surface area contributed by atoms with Crippen molar-refractivity contribution in [1.29, 1.82) is 0 Å². The van der Waals surface area contributed by atoms with Crippen LogP contribution in [-0.2, 0) is 6.18 Å². The van der Waals surface area contributed by atoms with Gasteiger partial charge in [-0.2, -0.15) is 13.2 Å². The van der Waals surface area contributed by atoms with Gasteiger partial charge < -0.3 is 0 Å². The number of hydrogen-bond donors (Lipinski definition) is 0. The Morgan fingerprint density at radius 2 is 2.04 bits per heavy atom. The first kappa shape index (κ1) is 16.7. The summed E-state index contributed by atoms with van der Waals surface area (Å²) in [4.78, 5) is 18.2. The van der Waals surface area contributed by atoms with E-state index < -0.39 is 16.7 Å². The van der Waals surface area contributed by atoms with E-state index in [1.807, 2.05) is 0 Å². The van der Waals surface area contributed by atoms with E-state index in [2.05, 4.69) is 9.97 Å². The summed E-state index contributed by atoms with van der Waals surface area (Å²) in [6, 6.07) is 5.65. The highest BCUT2D eigenvalue weighted by molar-refractivity contribution is 7.98. The summed E-state index contributed by atoms with van der Waals surface area (Å²) in [7, 11) is 0. The minimum atomic E-state index is -4.59. The Labute approximate surface area is 141 Å². The lowest BCUT2D eigenvalue weighted by Gasteiger charge is -2.10. The van der Waals surface area contributed by atoms with Gasteiger partial charge in [-0.15, -0.1) is 11.3 Å². The minimum absolute atomic E-state index is 0.115. The molecule has 24 heavy (non-hydrogen) atoms. The number of alkyl halides is 3. The molecular weight excluding hydrogens is 363 g/mol. The van der Waals surface area contributed by atoms with Gasteiger partial charge in [-0.05, 0) is 23.8 Å². The minimum Gasteiger partial charge on any atom is -0.258 e. The van der Waals surface area contributed by atoms with Crippen molar-refractivity contribution in [2.75, 3.05) is 6.26 Å².